The Hall–Kier alpha value is -2.20. The average Bonchev–Trinajstić information content (AvgIpc) is 2.87. The van der Waals surface area contributed by atoms with Gasteiger partial charge in [0.25, 0.3) is 0 Å². The molecule has 4 nitrogen and oxygen atoms in total. The molecule has 0 aliphatic heterocycles. The summed E-state index contributed by atoms with van der Waals surface area (Å²) in [6, 6.07) is 14.3. The van der Waals surface area contributed by atoms with Crippen LogP contribution >= 0.6 is 0 Å². The number of nitrogens with zero attached hydrogens (tertiary/aromatic N) is 2. The second kappa shape index (κ2) is 4.58. The Balaban J connectivity index is 2.02. The fraction of sp³-hybridized carbons (Fsp3) is 0.143. The normalized spacial score (nSPS) is 10.9. The molecular formula is C14H13N3O. The number of rotatable bonds is 3. The van der Waals surface area contributed by atoms with Crippen LogP contribution in [-0.2, 0) is 6.42 Å². The van der Waals surface area contributed by atoms with Crippen LogP contribution in [0.15, 0.2) is 46.9 Å². The van der Waals surface area contributed by atoms with Crippen molar-refractivity contribution in [3.05, 3.63) is 48.4 Å². The maximum atomic E-state index is 5.56. The zero-order valence-corrected chi connectivity index (χ0v) is 9.84. The molecule has 0 bridgehead atoms. The largest absolute Gasteiger partial charge is 0.421 e. The van der Waals surface area contributed by atoms with Gasteiger partial charge < -0.3 is 10.2 Å². The van der Waals surface area contributed by atoms with Crippen LogP contribution in [0.4, 0.5) is 0 Å². The van der Waals surface area contributed by atoms with E-state index in [1.807, 2.05) is 18.2 Å². The Bertz CT molecular complexity index is 675. The van der Waals surface area contributed by atoms with E-state index in [4.69, 9.17) is 10.2 Å². The van der Waals surface area contributed by atoms with E-state index in [0.29, 0.717) is 24.7 Å². The Morgan fingerprint density at radius 3 is 2.67 bits per heavy atom. The summed E-state index contributed by atoms with van der Waals surface area (Å²) in [5.74, 6) is 1.13. The van der Waals surface area contributed by atoms with Crippen molar-refractivity contribution in [3.63, 3.8) is 0 Å². The molecule has 0 amide bonds. The molecule has 3 rings (SSSR count). The zero-order chi connectivity index (χ0) is 12.4. The minimum absolute atomic E-state index is 0.513. The minimum atomic E-state index is 0.513. The van der Waals surface area contributed by atoms with Crippen molar-refractivity contribution < 1.29 is 4.42 Å². The van der Waals surface area contributed by atoms with Gasteiger partial charge in [-0.15, -0.1) is 10.2 Å². The van der Waals surface area contributed by atoms with Crippen molar-refractivity contribution in [1.82, 2.24) is 10.2 Å². The Kier molecular flexibility index (Phi) is 2.78. The molecule has 90 valence electrons. The Morgan fingerprint density at radius 1 is 1.00 bits per heavy atom. The van der Waals surface area contributed by atoms with Gasteiger partial charge in [0.2, 0.25) is 11.8 Å². The van der Waals surface area contributed by atoms with E-state index >= 15 is 0 Å². The lowest BCUT2D eigenvalue weighted by Gasteiger charge is -1.99. The Morgan fingerprint density at radius 2 is 1.83 bits per heavy atom. The van der Waals surface area contributed by atoms with E-state index in [2.05, 4.69) is 34.5 Å². The summed E-state index contributed by atoms with van der Waals surface area (Å²) in [6.45, 7) is 0.513. The van der Waals surface area contributed by atoms with Crippen LogP contribution < -0.4 is 5.73 Å². The number of benzene rings is 2. The highest BCUT2D eigenvalue weighted by atomic mass is 16.4. The first-order valence-electron chi connectivity index (χ1n) is 5.88. The standard InChI is InChI=1S/C14H13N3O/c15-8-7-13-16-17-14(18-13)12-6-5-10-3-1-2-4-11(10)9-12/h1-6,9H,7-8,15H2. The van der Waals surface area contributed by atoms with E-state index in [0.717, 1.165) is 10.9 Å². The van der Waals surface area contributed by atoms with Gasteiger partial charge in [-0.3, -0.25) is 0 Å². The molecule has 3 aromatic rings. The number of aromatic nitrogens is 2. The lowest BCUT2D eigenvalue weighted by Crippen LogP contribution is -2.02. The lowest BCUT2D eigenvalue weighted by atomic mass is 10.1. The van der Waals surface area contributed by atoms with E-state index < -0.39 is 0 Å². The van der Waals surface area contributed by atoms with Gasteiger partial charge in [0.1, 0.15) is 0 Å². The summed E-state index contributed by atoms with van der Waals surface area (Å²) < 4.78 is 5.56. The third-order valence-corrected chi connectivity index (χ3v) is 2.82. The number of nitrogens with two attached hydrogens (primary N) is 1. The van der Waals surface area contributed by atoms with Gasteiger partial charge in [0.15, 0.2) is 0 Å². The molecule has 18 heavy (non-hydrogen) atoms. The van der Waals surface area contributed by atoms with Crippen LogP contribution in [0.3, 0.4) is 0 Å². The summed E-state index contributed by atoms with van der Waals surface area (Å²) in [4.78, 5) is 0. The lowest BCUT2D eigenvalue weighted by molar-refractivity contribution is 0.507. The van der Waals surface area contributed by atoms with E-state index in [1.54, 1.807) is 0 Å². The van der Waals surface area contributed by atoms with Crippen LogP contribution in [-0.4, -0.2) is 16.7 Å². The molecule has 0 saturated heterocycles. The van der Waals surface area contributed by atoms with Crippen LogP contribution in [0.25, 0.3) is 22.2 Å². The van der Waals surface area contributed by atoms with Gasteiger partial charge in [-0.25, -0.2) is 0 Å². The summed E-state index contributed by atoms with van der Waals surface area (Å²) in [5.41, 5.74) is 6.39. The van der Waals surface area contributed by atoms with Crippen LogP contribution in [0.1, 0.15) is 5.89 Å². The molecule has 2 aromatic carbocycles. The molecule has 0 fully saturated rings. The number of fused-ring (bicyclic) bond motifs is 1. The molecule has 0 aliphatic carbocycles. The van der Waals surface area contributed by atoms with Crippen molar-refractivity contribution in [2.45, 2.75) is 6.42 Å². The van der Waals surface area contributed by atoms with Gasteiger partial charge in [0, 0.05) is 18.5 Å². The highest BCUT2D eigenvalue weighted by molar-refractivity contribution is 5.86. The first-order valence-corrected chi connectivity index (χ1v) is 5.88. The average molecular weight is 239 g/mol. The van der Waals surface area contributed by atoms with Crippen LogP contribution in [0.5, 0.6) is 0 Å². The van der Waals surface area contributed by atoms with Crippen LogP contribution in [0, 0.1) is 0 Å². The van der Waals surface area contributed by atoms with Gasteiger partial charge in [0.05, 0.1) is 0 Å². The highest BCUT2D eigenvalue weighted by Gasteiger charge is 2.08. The highest BCUT2D eigenvalue weighted by Crippen LogP contribution is 2.23. The predicted molar refractivity (Wildman–Crippen MR) is 70.0 cm³/mol. The topological polar surface area (TPSA) is 64.9 Å². The quantitative estimate of drug-likeness (QED) is 0.762. The second-order valence-electron chi connectivity index (χ2n) is 4.10. The van der Waals surface area contributed by atoms with Crippen molar-refractivity contribution in [1.29, 1.82) is 0 Å². The summed E-state index contributed by atoms with van der Waals surface area (Å²) in [5, 5.41) is 10.4. The molecule has 4 heteroatoms. The van der Waals surface area contributed by atoms with Gasteiger partial charge >= 0.3 is 0 Å². The van der Waals surface area contributed by atoms with E-state index in [9.17, 15) is 0 Å². The van der Waals surface area contributed by atoms with Crippen LogP contribution in [0.2, 0.25) is 0 Å². The van der Waals surface area contributed by atoms with Gasteiger partial charge in [-0.1, -0.05) is 30.3 Å². The molecule has 1 heterocycles. The molecule has 0 unspecified atom stereocenters. The summed E-state index contributed by atoms with van der Waals surface area (Å²) >= 11 is 0. The first-order chi connectivity index (χ1) is 8.86. The SMILES string of the molecule is NCCc1nnc(-c2ccc3ccccc3c2)o1. The Labute approximate surface area is 104 Å². The number of hydrogen-bond acceptors (Lipinski definition) is 4. The minimum Gasteiger partial charge on any atom is -0.421 e. The molecule has 1 aromatic heterocycles. The third-order valence-electron chi connectivity index (χ3n) is 2.82. The van der Waals surface area contributed by atoms with Gasteiger partial charge in [-0.05, 0) is 22.9 Å². The van der Waals surface area contributed by atoms with Crippen molar-refractivity contribution >= 4 is 10.8 Å². The predicted octanol–water partition coefficient (Wildman–Crippen LogP) is 2.39. The molecular weight excluding hydrogens is 226 g/mol. The van der Waals surface area contributed by atoms with Gasteiger partial charge in [-0.2, -0.15) is 0 Å². The van der Waals surface area contributed by atoms with E-state index in [1.165, 1.54) is 5.39 Å². The first kappa shape index (κ1) is 10.9. The fourth-order valence-corrected chi connectivity index (χ4v) is 1.92. The molecule has 0 aliphatic rings. The molecule has 2 N–H and O–H groups in total. The fourth-order valence-electron chi connectivity index (χ4n) is 1.92. The molecule has 0 saturated carbocycles. The number of hydrogen-bond donors (Lipinski definition) is 1. The van der Waals surface area contributed by atoms with Crippen molar-refractivity contribution in [2.75, 3.05) is 6.54 Å². The van der Waals surface area contributed by atoms with E-state index in [-0.39, 0.29) is 0 Å². The van der Waals surface area contributed by atoms with Crippen molar-refractivity contribution in [2.24, 2.45) is 5.73 Å². The zero-order valence-electron chi connectivity index (χ0n) is 9.84. The maximum absolute atomic E-state index is 5.56. The molecule has 0 spiro atoms. The van der Waals surface area contributed by atoms with Crippen molar-refractivity contribution in [3.8, 4) is 11.5 Å². The smallest absolute Gasteiger partial charge is 0.247 e. The maximum Gasteiger partial charge on any atom is 0.247 e. The summed E-state index contributed by atoms with van der Waals surface area (Å²) in [7, 11) is 0. The monoisotopic (exact) mass is 239 g/mol. The second-order valence-corrected chi connectivity index (χ2v) is 4.10. The molecule has 0 atom stereocenters. The molecule has 0 radical (unpaired) electrons. The summed E-state index contributed by atoms with van der Waals surface area (Å²) in [6.07, 6.45) is 0.612. The third kappa shape index (κ3) is 1.98.